The maximum absolute atomic E-state index is 13.8. The van der Waals surface area contributed by atoms with Crippen LogP contribution >= 0.6 is 11.6 Å². The van der Waals surface area contributed by atoms with Crippen molar-refractivity contribution < 1.29 is 48.9 Å². The summed E-state index contributed by atoms with van der Waals surface area (Å²) in [5, 5.41) is 38.3. The molecule has 3 aliphatic carbocycles. The van der Waals surface area contributed by atoms with Crippen molar-refractivity contribution in [2.24, 2.45) is 29.4 Å². The number of Topliss-reactive ketones (excluding diaryl/α,β-unsaturated/α-hetero) is 4. The number of aromatic hydroxyl groups is 1. The zero-order chi connectivity index (χ0) is 28.6. The average Bonchev–Trinajstić information content (AvgIpc) is 2.78. The molecule has 0 aliphatic heterocycles. The zero-order valence-electron chi connectivity index (χ0n) is 20.4. The van der Waals surface area contributed by atoms with Gasteiger partial charge in [0.05, 0.1) is 27.8 Å². The number of aliphatic hydroxyl groups is 2. The highest BCUT2D eigenvalue weighted by atomic mass is 35.5. The first-order valence-corrected chi connectivity index (χ1v) is 11.9. The Balaban J connectivity index is 1.99. The van der Waals surface area contributed by atoms with Gasteiger partial charge >= 0.3 is 0 Å². The topological polar surface area (TPSA) is 230 Å². The van der Waals surface area contributed by atoms with Crippen LogP contribution in [0.5, 0.6) is 5.75 Å². The second kappa shape index (κ2) is 8.68. The lowest BCUT2D eigenvalue weighted by Crippen LogP contribution is -2.70. The number of anilines is 2. The molecule has 38 heavy (non-hydrogen) atoms. The smallest absolute Gasteiger partial charge is 0.235 e. The van der Waals surface area contributed by atoms with Crippen LogP contribution in [0.2, 0.25) is 5.02 Å². The van der Waals surface area contributed by atoms with E-state index in [2.05, 4.69) is 10.6 Å². The third kappa shape index (κ3) is 3.56. The lowest BCUT2D eigenvalue weighted by Gasteiger charge is -2.53. The molecule has 0 radical (unpaired) electrons. The van der Waals surface area contributed by atoms with E-state index in [1.54, 1.807) is 0 Å². The average molecular weight is 550 g/mol. The van der Waals surface area contributed by atoms with Crippen molar-refractivity contribution in [3.63, 3.8) is 0 Å². The van der Waals surface area contributed by atoms with Crippen molar-refractivity contribution in [3.05, 3.63) is 16.1 Å². The van der Waals surface area contributed by atoms with E-state index < -0.39 is 111 Å². The first-order chi connectivity index (χ1) is 17.5. The molecule has 0 aromatic heterocycles. The number of rotatable bonds is 3. The van der Waals surface area contributed by atoms with Gasteiger partial charge in [0.2, 0.25) is 17.7 Å². The number of carbonyl (C=O) groups excluding carboxylic acids is 7. The number of carbonyl (C=O) groups is 7. The number of fused-ring (bicyclic) bond motifs is 3. The van der Waals surface area contributed by atoms with Gasteiger partial charge in [-0.1, -0.05) is 11.6 Å². The highest BCUT2D eigenvalue weighted by Gasteiger charge is 2.69. The van der Waals surface area contributed by atoms with Crippen LogP contribution in [0.4, 0.5) is 11.4 Å². The normalized spacial score (nSPS) is 32.2. The molecule has 3 amide bonds. The second-order valence-corrected chi connectivity index (χ2v) is 10.4. The van der Waals surface area contributed by atoms with Crippen molar-refractivity contribution in [2.75, 3.05) is 10.6 Å². The van der Waals surface area contributed by atoms with Crippen molar-refractivity contribution in [1.29, 1.82) is 0 Å². The Bertz CT molecular complexity index is 1390. The van der Waals surface area contributed by atoms with Crippen LogP contribution < -0.4 is 16.4 Å². The van der Waals surface area contributed by atoms with E-state index in [1.807, 2.05) is 0 Å². The summed E-state index contributed by atoms with van der Waals surface area (Å²) in [5.41, 5.74) is -1.80. The number of nitrogens with two attached hydrogens (primary N) is 1. The summed E-state index contributed by atoms with van der Waals surface area (Å²) >= 11 is 6.38. The largest absolute Gasteiger partial charge is 0.505 e. The summed E-state index contributed by atoms with van der Waals surface area (Å²) in [7, 11) is 0. The molecule has 0 saturated heterocycles. The minimum Gasteiger partial charge on any atom is -0.505 e. The Morgan fingerprint density at radius 2 is 1.55 bits per heavy atom. The van der Waals surface area contributed by atoms with Gasteiger partial charge in [-0.05, 0) is 13.3 Å². The van der Waals surface area contributed by atoms with Gasteiger partial charge in [0.1, 0.15) is 5.69 Å². The molecule has 2 saturated carbocycles. The molecule has 202 valence electrons. The van der Waals surface area contributed by atoms with Gasteiger partial charge in [0.15, 0.2) is 40.4 Å². The molecule has 3 aliphatic rings. The summed E-state index contributed by atoms with van der Waals surface area (Å²) in [6.07, 6.45) is -1.01. The molecule has 14 heteroatoms. The van der Waals surface area contributed by atoms with E-state index >= 15 is 0 Å². The number of nitrogens with one attached hydrogen (secondary N) is 2. The minimum atomic E-state index is -2.93. The van der Waals surface area contributed by atoms with Crippen LogP contribution in [0.3, 0.4) is 0 Å². The summed E-state index contributed by atoms with van der Waals surface area (Å²) in [6, 6.07) is 0. The first kappa shape index (κ1) is 27.4. The Kier molecular flexibility index (Phi) is 6.25. The Hall–Kier alpha value is -3.68. The van der Waals surface area contributed by atoms with E-state index in [4.69, 9.17) is 17.3 Å². The van der Waals surface area contributed by atoms with Crippen LogP contribution in [0.25, 0.3) is 0 Å². The molecular weight excluding hydrogens is 526 g/mol. The number of hydrogen-bond donors (Lipinski definition) is 6. The van der Waals surface area contributed by atoms with Gasteiger partial charge in [0, 0.05) is 37.7 Å². The van der Waals surface area contributed by atoms with Crippen LogP contribution in [-0.4, -0.2) is 61.8 Å². The SMILES string of the molecule is CC(=O)Nc1c(O)c2c(c(NC(C)=O)c1Cl)[C@](C)(O)[C@H]1C[C@H]3CC(=O)C(C(N)=O)C(=O)[C@@]3(O)C(=O)C1C2=O. The molecule has 0 heterocycles. The van der Waals surface area contributed by atoms with Crippen LogP contribution in [0.15, 0.2) is 0 Å². The molecule has 7 N–H and O–H groups in total. The molecule has 0 spiro atoms. The van der Waals surface area contributed by atoms with Gasteiger partial charge in [-0.2, -0.15) is 0 Å². The van der Waals surface area contributed by atoms with E-state index in [1.165, 1.54) is 6.92 Å². The molecule has 1 aromatic carbocycles. The molecule has 6 atom stereocenters. The van der Waals surface area contributed by atoms with E-state index in [0.717, 1.165) is 13.8 Å². The number of phenols is 1. The van der Waals surface area contributed by atoms with E-state index in [9.17, 15) is 48.9 Å². The Labute approximate surface area is 219 Å². The number of primary amides is 1. The van der Waals surface area contributed by atoms with E-state index in [0.29, 0.717) is 0 Å². The fourth-order valence-corrected chi connectivity index (χ4v) is 6.31. The highest BCUT2D eigenvalue weighted by molar-refractivity contribution is 6.39. The third-order valence-corrected chi connectivity index (χ3v) is 8.03. The quantitative estimate of drug-likeness (QED) is 0.162. The molecule has 4 rings (SSSR count). The monoisotopic (exact) mass is 549 g/mol. The fourth-order valence-electron chi connectivity index (χ4n) is 6.04. The standard InChI is InChI=1S/C24H24ClN3O10/c1-6(29)27-16-14-13(19(33)17(15(16)25)28-7(2)30)18(32)11-9(23(14,3)37)4-8-5-10(31)12(22(26)36)21(35)24(8,38)20(11)34/h8-9,11-12,33,37-38H,4-5H2,1-3H3,(H2,26,36)(H,27,29)(H,28,30)/t8-,9-,11?,12?,23+,24-/m0/s1. The number of benzene rings is 1. The number of hydrogen-bond acceptors (Lipinski definition) is 10. The van der Waals surface area contributed by atoms with Crippen LogP contribution in [-0.2, 0) is 34.4 Å². The molecule has 2 unspecified atom stereocenters. The lowest BCUT2D eigenvalue weighted by atomic mass is 9.50. The Morgan fingerprint density at radius 3 is 2.08 bits per heavy atom. The molecule has 13 nitrogen and oxygen atoms in total. The van der Waals surface area contributed by atoms with Crippen LogP contribution in [0, 0.1) is 23.7 Å². The molecular formula is C24H24ClN3O10. The van der Waals surface area contributed by atoms with Gasteiger partial charge < -0.3 is 31.7 Å². The summed E-state index contributed by atoms with van der Waals surface area (Å²) in [5.74, 6) is -15.3. The highest BCUT2D eigenvalue weighted by Crippen LogP contribution is 2.59. The second-order valence-electron chi connectivity index (χ2n) is 10.1. The zero-order valence-corrected chi connectivity index (χ0v) is 21.1. The van der Waals surface area contributed by atoms with Crippen molar-refractivity contribution in [2.45, 2.75) is 44.8 Å². The Morgan fingerprint density at radius 1 is 1.00 bits per heavy atom. The van der Waals surface area contributed by atoms with E-state index in [-0.39, 0.29) is 11.3 Å². The lowest BCUT2D eigenvalue weighted by molar-refractivity contribution is -0.182. The summed E-state index contributed by atoms with van der Waals surface area (Å²) < 4.78 is 0. The number of amides is 3. The number of ketones is 4. The van der Waals surface area contributed by atoms with Gasteiger partial charge in [-0.25, -0.2) is 0 Å². The minimum absolute atomic E-state index is 0.314. The third-order valence-electron chi connectivity index (χ3n) is 7.65. The molecule has 0 bridgehead atoms. The van der Waals surface area contributed by atoms with Crippen molar-refractivity contribution >= 4 is 63.8 Å². The van der Waals surface area contributed by atoms with Crippen LogP contribution in [0.1, 0.15) is 49.5 Å². The van der Waals surface area contributed by atoms with Gasteiger partial charge in [-0.15, -0.1) is 0 Å². The first-order valence-electron chi connectivity index (χ1n) is 11.5. The summed E-state index contributed by atoms with van der Waals surface area (Å²) in [6.45, 7) is 3.37. The van der Waals surface area contributed by atoms with Gasteiger partial charge in [-0.3, -0.25) is 33.6 Å². The molecule has 2 fully saturated rings. The number of phenolic OH excluding ortho intramolecular Hbond substituents is 1. The maximum Gasteiger partial charge on any atom is 0.235 e. The number of halogens is 1. The summed E-state index contributed by atoms with van der Waals surface area (Å²) in [4.78, 5) is 88.6. The van der Waals surface area contributed by atoms with Gasteiger partial charge in [0.25, 0.3) is 0 Å². The fraction of sp³-hybridized carbons (Fsp3) is 0.458. The maximum atomic E-state index is 13.8. The van der Waals surface area contributed by atoms with Crippen molar-refractivity contribution in [1.82, 2.24) is 0 Å². The molecule has 1 aromatic rings. The predicted octanol–water partition coefficient (Wildman–Crippen LogP) is -0.438. The predicted molar refractivity (Wildman–Crippen MR) is 128 cm³/mol. The van der Waals surface area contributed by atoms with Crippen molar-refractivity contribution in [3.8, 4) is 5.75 Å².